The van der Waals surface area contributed by atoms with E-state index in [9.17, 15) is 18.8 Å². The minimum atomic E-state index is -0.646. The quantitative estimate of drug-likeness (QED) is 0.671. The fourth-order valence-corrected chi connectivity index (χ4v) is 3.04. The van der Waals surface area contributed by atoms with E-state index in [0.717, 1.165) is 12.2 Å². The van der Waals surface area contributed by atoms with Crippen molar-refractivity contribution >= 4 is 29.2 Å². The van der Waals surface area contributed by atoms with Crippen molar-refractivity contribution in [1.82, 2.24) is 0 Å². The zero-order chi connectivity index (χ0) is 21.5. The first kappa shape index (κ1) is 21.3. The molecule has 7 nitrogen and oxygen atoms in total. The van der Waals surface area contributed by atoms with Gasteiger partial charge in [-0.05, 0) is 55.0 Å². The molecule has 0 aliphatic carbocycles. The lowest BCUT2D eigenvalue weighted by Gasteiger charge is -2.17. The van der Waals surface area contributed by atoms with Crippen molar-refractivity contribution in [3.8, 4) is 5.75 Å². The van der Waals surface area contributed by atoms with Gasteiger partial charge in [0, 0.05) is 24.3 Å². The minimum Gasteiger partial charge on any atom is -0.494 e. The van der Waals surface area contributed by atoms with Gasteiger partial charge in [0.15, 0.2) is 6.61 Å². The summed E-state index contributed by atoms with van der Waals surface area (Å²) >= 11 is 0. The van der Waals surface area contributed by atoms with Crippen LogP contribution in [-0.4, -0.2) is 37.5 Å². The number of anilines is 2. The summed E-state index contributed by atoms with van der Waals surface area (Å²) in [4.78, 5) is 38.0. The van der Waals surface area contributed by atoms with Gasteiger partial charge in [0.25, 0.3) is 5.91 Å². The Morgan fingerprint density at radius 1 is 1.13 bits per heavy atom. The zero-order valence-electron chi connectivity index (χ0n) is 16.6. The fourth-order valence-electron chi connectivity index (χ4n) is 3.04. The van der Waals surface area contributed by atoms with E-state index in [1.165, 1.54) is 29.2 Å². The molecule has 2 amide bonds. The van der Waals surface area contributed by atoms with E-state index in [0.29, 0.717) is 18.0 Å². The number of ether oxygens (including phenoxy) is 2. The molecule has 0 aromatic heterocycles. The number of benzene rings is 2. The largest absolute Gasteiger partial charge is 0.494 e. The standard InChI is InChI=1S/C22H23FN2O5/c1-2-11-29-19-9-7-18(8-10-19)25-13-15(12-21(25)27)22(28)30-14-20(26)24-17-5-3-16(23)4-6-17/h3-10,15H,2,11-14H2,1H3,(H,24,26)/t15-/m1/s1. The summed E-state index contributed by atoms with van der Waals surface area (Å²) in [6.07, 6.45) is 0.921. The van der Waals surface area contributed by atoms with Crippen molar-refractivity contribution in [3.05, 3.63) is 54.3 Å². The molecule has 158 valence electrons. The Morgan fingerprint density at radius 3 is 2.50 bits per heavy atom. The Morgan fingerprint density at radius 2 is 1.83 bits per heavy atom. The molecule has 1 fully saturated rings. The number of esters is 1. The second-order valence-corrected chi connectivity index (χ2v) is 6.91. The fraction of sp³-hybridized carbons (Fsp3) is 0.318. The van der Waals surface area contributed by atoms with Gasteiger partial charge in [-0.25, -0.2) is 4.39 Å². The van der Waals surface area contributed by atoms with E-state index >= 15 is 0 Å². The third kappa shape index (κ3) is 5.56. The normalized spacial score (nSPS) is 15.7. The lowest BCUT2D eigenvalue weighted by atomic mass is 10.1. The average Bonchev–Trinajstić information content (AvgIpc) is 3.14. The van der Waals surface area contributed by atoms with Gasteiger partial charge in [0.05, 0.1) is 12.5 Å². The van der Waals surface area contributed by atoms with E-state index in [1.807, 2.05) is 6.92 Å². The first-order valence-corrected chi connectivity index (χ1v) is 9.71. The Bertz CT molecular complexity index is 899. The van der Waals surface area contributed by atoms with Crippen LogP contribution < -0.4 is 15.0 Å². The molecule has 1 atom stereocenters. The molecule has 0 radical (unpaired) electrons. The topological polar surface area (TPSA) is 84.9 Å². The molecule has 30 heavy (non-hydrogen) atoms. The number of amides is 2. The molecule has 1 heterocycles. The molecule has 3 rings (SSSR count). The third-order valence-corrected chi connectivity index (χ3v) is 4.55. The summed E-state index contributed by atoms with van der Waals surface area (Å²) in [6.45, 7) is 2.34. The van der Waals surface area contributed by atoms with Crippen LogP contribution in [0.5, 0.6) is 5.75 Å². The van der Waals surface area contributed by atoms with Gasteiger partial charge in [-0.15, -0.1) is 0 Å². The molecular weight excluding hydrogens is 391 g/mol. The van der Waals surface area contributed by atoms with Gasteiger partial charge < -0.3 is 19.7 Å². The highest BCUT2D eigenvalue weighted by molar-refractivity contribution is 6.00. The number of hydrogen-bond acceptors (Lipinski definition) is 5. The van der Waals surface area contributed by atoms with E-state index in [1.54, 1.807) is 24.3 Å². The predicted octanol–water partition coefficient (Wildman–Crippen LogP) is 3.15. The van der Waals surface area contributed by atoms with Gasteiger partial charge in [0.2, 0.25) is 5.91 Å². The molecule has 0 spiro atoms. The monoisotopic (exact) mass is 414 g/mol. The number of rotatable bonds is 8. The maximum atomic E-state index is 12.9. The Hall–Kier alpha value is -3.42. The second kappa shape index (κ2) is 9.87. The molecule has 0 saturated carbocycles. The van der Waals surface area contributed by atoms with Crippen molar-refractivity contribution in [2.75, 3.05) is 30.0 Å². The molecule has 1 saturated heterocycles. The average molecular weight is 414 g/mol. The first-order valence-electron chi connectivity index (χ1n) is 9.71. The van der Waals surface area contributed by atoms with Gasteiger partial charge in [-0.1, -0.05) is 6.92 Å². The lowest BCUT2D eigenvalue weighted by molar-refractivity contribution is -0.151. The number of nitrogens with zero attached hydrogens (tertiary/aromatic N) is 1. The Labute approximate surface area is 173 Å². The molecule has 8 heteroatoms. The highest BCUT2D eigenvalue weighted by Gasteiger charge is 2.36. The number of nitrogens with one attached hydrogen (secondary N) is 1. The molecule has 0 unspecified atom stereocenters. The molecule has 2 aromatic rings. The minimum absolute atomic E-state index is 0.0203. The molecule has 0 bridgehead atoms. The molecule has 2 aromatic carbocycles. The third-order valence-electron chi connectivity index (χ3n) is 4.55. The van der Waals surface area contributed by atoms with Gasteiger partial charge in [-0.3, -0.25) is 14.4 Å². The van der Waals surface area contributed by atoms with Gasteiger partial charge in [0.1, 0.15) is 11.6 Å². The Balaban J connectivity index is 1.49. The van der Waals surface area contributed by atoms with Crippen LogP contribution in [0, 0.1) is 11.7 Å². The first-order chi connectivity index (χ1) is 14.5. The summed E-state index contributed by atoms with van der Waals surface area (Å²) in [5, 5.41) is 2.51. The van der Waals surface area contributed by atoms with Crippen molar-refractivity contribution in [3.63, 3.8) is 0 Å². The maximum absolute atomic E-state index is 12.9. The van der Waals surface area contributed by atoms with Crippen LogP contribution in [0.25, 0.3) is 0 Å². The SMILES string of the molecule is CCCOc1ccc(N2C[C@H](C(=O)OCC(=O)Nc3ccc(F)cc3)CC2=O)cc1. The summed E-state index contributed by atoms with van der Waals surface area (Å²) in [5.74, 6) is -1.68. The van der Waals surface area contributed by atoms with Crippen LogP contribution in [0.15, 0.2) is 48.5 Å². The highest BCUT2D eigenvalue weighted by Crippen LogP contribution is 2.27. The lowest BCUT2D eigenvalue weighted by Crippen LogP contribution is -2.28. The molecule has 1 aliphatic rings. The molecule has 1 aliphatic heterocycles. The van der Waals surface area contributed by atoms with Crippen LogP contribution in [0.1, 0.15) is 19.8 Å². The van der Waals surface area contributed by atoms with E-state index in [4.69, 9.17) is 9.47 Å². The summed E-state index contributed by atoms with van der Waals surface area (Å²) in [5.41, 5.74) is 1.07. The van der Waals surface area contributed by atoms with Crippen molar-refractivity contribution in [2.45, 2.75) is 19.8 Å². The zero-order valence-corrected chi connectivity index (χ0v) is 16.6. The summed E-state index contributed by atoms with van der Waals surface area (Å²) in [6, 6.07) is 12.3. The number of halogens is 1. The van der Waals surface area contributed by atoms with Gasteiger partial charge in [-0.2, -0.15) is 0 Å². The van der Waals surface area contributed by atoms with Crippen molar-refractivity contribution < 1.29 is 28.2 Å². The smallest absolute Gasteiger partial charge is 0.311 e. The van der Waals surface area contributed by atoms with Gasteiger partial charge >= 0.3 is 5.97 Å². The van der Waals surface area contributed by atoms with Crippen LogP contribution in [0.2, 0.25) is 0 Å². The number of carbonyl (C=O) groups is 3. The number of carbonyl (C=O) groups excluding carboxylic acids is 3. The van der Waals surface area contributed by atoms with E-state index < -0.39 is 30.2 Å². The Kier molecular flexibility index (Phi) is 7.00. The van der Waals surface area contributed by atoms with Crippen LogP contribution in [0.3, 0.4) is 0 Å². The second-order valence-electron chi connectivity index (χ2n) is 6.91. The van der Waals surface area contributed by atoms with E-state index in [2.05, 4.69) is 5.32 Å². The van der Waals surface area contributed by atoms with Crippen LogP contribution in [-0.2, 0) is 19.1 Å². The molecular formula is C22H23FN2O5. The highest BCUT2D eigenvalue weighted by atomic mass is 19.1. The summed E-state index contributed by atoms with van der Waals surface area (Å²) < 4.78 is 23.5. The van der Waals surface area contributed by atoms with E-state index in [-0.39, 0.29) is 18.9 Å². The predicted molar refractivity (Wildman–Crippen MR) is 109 cm³/mol. The number of hydrogen-bond donors (Lipinski definition) is 1. The summed E-state index contributed by atoms with van der Waals surface area (Å²) in [7, 11) is 0. The molecule has 1 N–H and O–H groups in total. The van der Waals surface area contributed by atoms with Crippen LogP contribution >= 0.6 is 0 Å². The van der Waals surface area contributed by atoms with Crippen LogP contribution in [0.4, 0.5) is 15.8 Å². The van der Waals surface area contributed by atoms with Crippen molar-refractivity contribution in [1.29, 1.82) is 0 Å². The van der Waals surface area contributed by atoms with Crippen molar-refractivity contribution in [2.24, 2.45) is 5.92 Å². The maximum Gasteiger partial charge on any atom is 0.311 e.